The van der Waals surface area contributed by atoms with Crippen LogP contribution >= 0.6 is 11.6 Å². The molecule has 0 fully saturated rings. The number of anilines is 1. The van der Waals surface area contributed by atoms with E-state index in [1.807, 2.05) is 79.1 Å². The van der Waals surface area contributed by atoms with Crippen molar-refractivity contribution in [1.29, 1.82) is 0 Å². The number of amides is 2. The molecule has 1 aliphatic heterocycles. The molecule has 0 aliphatic carbocycles. The molecule has 0 bridgehead atoms. The van der Waals surface area contributed by atoms with Crippen molar-refractivity contribution in [3.05, 3.63) is 94.5 Å². The number of aryl methyl sites for hydroxylation is 1. The van der Waals surface area contributed by atoms with Gasteiger partial charge in [-0.2, -0.15) is 0 Å². The Morgan fingerprint density at radius 2 is 1.80 bits per heavy atom. The molecule has 1 aromatic heterocycles. The number of nitrogens with one attached hydrogen (secondary N) is 2. The Bertz CT molecular complexity index is 1670. The predicted octanol–water partition coefficient (Wildman–Crippen LogP) is 5.84. The van der Waals surface area contributed by atoms with Crippen molar-refractivity contribution in [3.8, 4) is 17.2 Å². The highest BCUT2D eigenvalue weighted by molar-refractivity contribution is 6.30. The standard InChI is InChI=1S/C33H35ClN6O4/c1-4-35-31(42)20-28-33-39-38-21(2)40(33)29-16-15-26(19-27(29)32(37-28)22-11-13-23(34)14-12-22)44-17-6-5-10-30(41)36-24-8-7-9-25(18-24)43-3/h7-9,11-16,18-19,28H,4-6,10,17,20H2,1-3H3,(H,35,42)(H,36,41)/t28-/m0/s1. The Labute approximate surface area is 261 Å². The Morgan fingerprint density at radius 1 is 0.977 bits per heavy atom. The second-order valence-corrected chi connectivity index (χ2v) is 10.8. The summed E-state index contributed by atoms with van der Waals surface area (Å²) in [7, 11) is 1.59. The van der Waals surface area contributed by atoms with Gasteiger partial charge in [0, 0.05) is 40.9 Å². The Balaban J connectivity index is 1.33. The summed E-state index contributed by atoms with van der Waals surface area (Å²) in [4.78, 5) is 30.2. The van der Waals surface area contributed by atoms with Gasteiger partial charge in [0.05, 0.1) is 31.5 Å². The molecule has 2 N–H and O–H groups in total. The van der Waals surface area contributed by atoms with Crippen LogP contribution in [-0.2, 0) is 9.59 Å². The van der Waals surface area contributed by atoms with Gasteiger partial charge in [0.25, 0.3) is 0 Å². The van der Waals surface area contributed by atoms with Crippen LogP contribution in [-0.4, -0.2) is 52.6 Å². The summed E-state index contributed by atoms with van der Waals surface area (Å²) in [6.07, 6.45) is 1.87. The van der Waals surface area contributed by atoms with Crippen LogP contribution in [0.5, 0.6) is 11.5 Å². The van der Waals surface area contributed by atoms with Gasteiger partial charge < -0.3 is 20.1 Å². The number of carbonyl (C=O) groups is 2. The van der Waals surface area contributed by atoms with E-state index in [0.29, 0.717) is 72.0 Å². The van der Waals surface area contributed by atoms with Crippen LogP contribution < -0.4 is 20.1 Å². The lowest BCUT2D eigenvalue weighted by Gasteiger charge is -2.15. The third kappa shape index (κ3) is 7.26. The zero-order valence-electron chi connectivity index (χ0n) is 25.0. The maximum atomic E-state index is 12.7. The van der Waals surface area contributed by atoms with Crippen molar-refractivity contribution in [3.63, 3.8) is 0 Å². The molecule has 2 amide bonds. The summed E-state index contributed by atoms with van der Waals surface area (Å²) in [6, 6.07) is 20.0. The molecular formula is C33H35ClN6O4. The Kier molecular flexibility index (Phi) is 9.91. The van der Waals surface area contributed by atoms with E-state index < -0.39 is 6.04 Å². The fourth-order valence-electron chi connectivity index (χ4n) is 5.09. The van der Waals surface area contributed by atoms with E-state index in [2.05, 4.69) is 20.8 Å². The number of carbonyl (C=O) groups excluding carboxylic acids is 2. The average Bonchev–Trinajstić information content (AvgIpc) is 3.34. The van der Waals surface area contributed by atoms with Crippen molar-refractivity contribution in [2.24, 2.45) is 4.99 Å². The molecule has 228 valence electrons. The third-order valence-corrected chi connectivity index (χ3v) is 7.44. The number of methoxy groups -OCH3 is 1. The highest BCUT2D eigenvalue weighted by Gasteiger charge is 2.30. The van der Waals surface area contributed by atoms with Crippen molar-refractivity contribution >= 4 is 34.8 Å². The smallest absolute Gasteiger partial charge is 0.224 e. The number of nitrogens with zero attached hydrogens (tertiary/aromatic N) is 4. The number of hydrogen-bond donors (Lipinski definition) is 2. The highest BCUT2D eigenvalue weighted by atomic mass is 35.5. The summed E-state index contributed by atoms with van der Waals surface area (Å²) >= 11 is 6.21. The van der Waals surface area contributed by atoms with Gasteiger partial charge in [-0.15, -0.1) is 10.2 Å². The van der Waals surface area contributed by atoms with Crippen LogP contribution in [0.1, 0.15) is 61.4 Å². The topological polar surface area (TPSA) is 120 Å². The van der Waals surface area contributed by atoms with E-state index in [-0.39, 0.29) is 18.2 Å². The van der Waals surface area contributed by atoms with Crippen LogP contribution in [0.15, 0.2) is 71.7 Å². The summed E-state index contributed by atoms with van der Waals surface area (Å²) in [5, 5.41) is 15.1. The van der Waals surface area contributed by atoms with Gasteiger partial charge in [-0.1, -0.05) is 29.8 Å². The first-order valence-corrected chi connectivity index (χ1v) is 15.0. The van der Waals surface area contributed by atoms with E-state index in [9.17, 15) is 9.59 Å². The van der Waals surface area contributed by atoms with Crippen LogP contribution in [0, 0.1) is 6.92 Å². The molecule has 44 heavy (non-hydrogen) atoms. The van der Waals surface area contributed by atoms with Gasteiger partial charge in [0.2, 0.25) is 11.8 Å². The maximum absolute atomic E-state index is 12.7. The number of benzene rings is 3. The average molecular weight is 615 g/mol. The molecule has 2 heterocycles. The molecular weight excluding hydrogens is 580 g/mol. The minimum atomic E-state index is -0.548. The number of halogens is 1. The fourth-order valence-corrected chi connectivity index (χ4v) is 5.21. The zero-order chi connectivity index (χ0) is 31.1. The van der Waals surface area contributed by atoms with Gasteiger partial charge in [-0.25, -0.2) is 0 Å². The molecule has 0 unspecified atom stereocenters. The fraction of sp³-hybridized carbons (Fsp3) is 0.303. The summed E-state index contributed by atoms with van der Waals surface area (Å²) in [6.45, 7) is 4.73. The van der Waals surface area contributed by atoms with Crippen molar-refractivity contribution in [1.82, 2.24) is 20.1 Å². The van der Waals surface area contributed by atoms with E-state index in [4.69, 9.17) is 26.1 Å². The Hall–Kier alpha value is -4.70. The van der Waals surface area contributed by atoms with Crippen LogP contribution in [0.25, 0.3) is 5.69 Å². The SMILES string of the molecule is CCNC(=O)C[C@@H]1N=C(c2ccc(Cl)cc2)c2cc(OCCCCC(=O)Nc3cccc(OC)c3)ccc2-n2c(C)nnc21. The molecule has 11 heteroatoms. The van der Waals surface area contributed by atoms with E-state index in [1.165, 1.54) is 0 Å². The lowest BCUT2D eigenvalue weighted by atomic mass is 10.00. The molecule has 0 saturated heterocycles. The number of unbranched alkanes of at least 4 members (excludes halogenated alkanes) is 1. The number of aromatic nitrogens is 3. The number of ether oxygens (including phenoxy) is 2. The molecule has 0 saturated carbocycles. The van der Waals surface area contributed by atoms with Gasteiger partial charge in [-0.3, -0.25) is 19.1 Å². The predicted molar refractivity (Wildman–Crippen MR) is 170 cm³/mol. The van der Waals surface area contributed by atoms with Crippen molar-refractivity contribution in [2.75, 3.05) is 25.6 Å². The lowest BCUT2D eigenvalue weighted by molar-refractivity contribution is -0.121. The second kappa shape index (κ2) is 14.2. The summed E-state index contributed by atoms with van der Waals surface area (Å²) in [5.74, 6) is 2.47. The lowest BCUT2D eigenvalue weighted by Crippen LogP contribution is -2.25. The first-order chi connectivity index (χ1) is 21.4. The molecule has 10 nitrogen and oxygen atoms in total. The molecule has 3 aromatic carbocycles. The largest absolute Gasteiger partial charge is 0.497 e. The van der Waals surface area contributed by atoms with Gasteiger partial charge in [0.15, 0.2) is 5.82 Å². The van der Waals surface area contributed by atoms with Crippen LogP contribution in [0.4, 0.5) is 5.69 Å². The first-order valence-electron chi connectivity index (χ1n) is 14.6. The van der Waals surface area contributed by atoms with Crippen LogP contribution in [0.2, 0.25) is 5.02 Å². The van der Waals surface area contributed by atoms with E-state index in [1.54, 1.807) is 13.2 Å². The van der Waals surface area contributed by atoms with Gasteiger partial charge >= 0.3 is 0 Å². The molecule has 5 rings (SSSR count). The van der Waals surface area contributed by atoms with Crippen LogP contribution in [0.3, 0.4) is 0 Å². The van der Waals surface area contributed by atoms with E-state index in [0.717, 1.165) is 16.8 Å². The minimum absolute atomic E-state index is 0.0608. The molecule has 0 spiro atoms. The summed E-state index contributed by atoms with van der Waals surface area (Å²) < 4.78 is 13.3. The quantitative estimate of drug-likeness (QED) is 0.193. The molecule has 1 atom stereocenters. The van der Waals surface area contributed by atoms with Gasteiger partial charge in [0.1, 0.15) is 23.4 Å². The van der Waals surface area contributed by atoms with Crippen molar-refractivity contribution in [2.45, 2.75) is 45.6 Å². The maximum Gasteiger partial charge on any atom is 0.224 e. The number of rotatable bonds is 12. The second-order valence-electron chi connectivity index (χ2n) is 10.4. The molecule has 1 aliphatic rings. The monoisotopic (exact) mass is 614 g/mol. The minimum Gasteiger partial charge on any atom is -0.497 e. The van der Waals surface area contributed by atoms with Crippen molar-refractivity contribution < 1.29 is 19.1 Å². The number of hydrogen-bond acceptors (Lipinski definition) is 7. The molecule has 0 radical (unpaired) electrons. The third-order valence-electron chi connectivity index (χ3n) is 7.19. The number of aliphatic imine (C=N–C) groups is 1. The van der Waals surface area contributed by atoms with E-state index >= 15 is 0 Å². The number of fused-ring (bicyclic) bond motifs is 3. The summed E-state index contributed by atoms with van der Waals surface area (Å²) in [5.41, 5.74) is 3.93. The zero-order valence-corrected chi connectivity index (χ0v) is 25.7. The first kappa shape index (κ1) is 30.7. The molecule has 4 aromatic rings. The normalized spacial score (nSPS) is 13.6. The highest BCUT2D eigenvalue weighted by Crippen LogP contribution is 2.34. The van der Waals surface area contributed by atoms with Gasteiger partial charge in [-0.05, 0) is 69.2 Å². The Morgan fingerprint density at radius 3 is 2.57 bits per heavy atom.